The van der Waals surface area contributed by atoms with Crippen molar-refractivity contribution >= 4 is 0 Å². The van der Waals surface area contributed by atoms with E-state index in [9.17, 15) is 0 Å². The molecule has 1 fully saturated rings. The molecule has 1 aromatic carbocycles. The van der Waals surface area contributed by atoms with E-state index in [1.807, 2.05) is 0 Å². The van der Waals surface area contributed by atoms with E-state index in [2.05, 4.69) is 43.5 Å². The second-order valence-electron chi connectivity index (χ2n) is 4.08. The van der Waals surface area contributed by atoms with Gasteiger partial charge in [-0.05, 0) is 24.8 Å². The first-order chi connectivity index (χ1) is 6.77. The van der Waals surface area contributed by atoms with E-state index in [0.29, 0.717) is 5.92 Å². The van der Waals surface area contributed by atoms with Crippen LogP contribution in [0.5, 0.6) is 0 Å². The molecule has 0 N–H and O–H groups in total. The summed E-state index contributed by atoms with van der Waals surface area (Å²) in [4.78, 5) is 0. The Bertz CT molecular complexity index is 346. The second kappa shape index (κ2) is 3.83. The van der Waals surface area contributed by atoms with Crippen LogP contribution in [0.1, 0.15) is 30.7 Å². The lowest BCUT2D eigenvalue weighted by Gasteiger charge is -2.26. The SMILES string of the molecule is C=C1CCC(=C)C(c2ccccc2)C1. The highest BCUT2D eigenvalue weighted by molar-refractivity contribution is 5.32. The quantitative estimate of drug-likeness (QED) is 0.577. The van der Waals surface area contributed by atoms with Crippen molar-refractivity contribution in [2.45, 2.75) is 25.2 Å². The summed E-state index contributed by atoms with van der Waals surface area (Å²) in [6.07, 6.45) is 3.32. The molecule has 0 spiro atoms. The zero-order chi connectivity index (χ0) is 9.97. The molecule has 72 valence electrons. The first-order valence-electron chi connectivity index (χ1n) is 5.16. The van der Waals surface area contributed by atoms with Crippen LogP contribution in [0, 0.1) is 0 Å². The van der Waals surface area contributed by atoms with Gasteiger partial charge in [0.15, 0.2) is 0 Å². The van der Waals surface area contributed by atoms with Crippen molar-refractivity contribution in [2.75, 3.05) is 0 Å². The molecule has 0 radical (unpaired) electrons. The molecule has 0 aromatic heterocycles. The first kappa shape index (κ1) is 9.26. The van der Waals surface area contributed by atoms with Gasteiger partial charge in [0.1, 0.15) is 0 Å². The molecule has 0 heterocycles. The topological polar surface area (TPSA) is 0 Å². The molecule has 0 amide bonds. The molecular formula is C14H16. The highest BCUT2D eigenvalue weighted by Gasteiger charge is 2.20. The molecule has 1 atom stereocenters. The molecule has 1 saturated carbocycles. The molecule has 0 nitrogen and oxygen atoms in total. The molecule has 1 aromatic rings. The van der Waals surface area contributed by atoms with E-state index in [0.717, 1.165) is 19.3 Å². The van der Waals surface area contributed by atoms with Crippen LogP contribution >= 0.6 is 0 Å². The van der Waals surface area contributed by atoms with Crippen molar-refractivity contribution in [3.05, 3.63) is 60.2 Å². The van der Waals surface area contributed by atoms with Crippen molar-refractivity contribution in [1.82, 2.24) is 0 Å². The van der Waals surface area contributed by atoms with Crippen molar-refractivity contribution in [3.63, 3.8) is 0 Å². The van der Waals surface area contributed by atoms with Gasteiger partial charge in [0.25, 0.3) is 0 Å². The third-order valence-corrected chi connectivity index (χ3v) is 2.99. The predicted molar refractivity (Wildman–Crippen MR) is 61.3 cm³/mol. The average Bonchev–Trinajstić information content (AvgIpc) is 2.23. The Morgan fingerprint density at radius 3 is 2.43 bits per heavy atom. The van der Waals surface area contributed by atoms with Gasteiger partial charge < -0.3 is 0 Å². The third kappa shape index (κ3) is 1.79. The van der Waals surface area contributed by atoms with Crippen LogP contribution in [0.3, 0.4) is 0 Å². The lowest BCUT2D eigenvalue weighted by Crippen LogP contribution is -2.08. The molecular weight excluding hydrogens is 168 g/mol. The van der Waals surface area contributed by atoms with E-state index < -0.39 is 0 Å². The molecule has 0 heteroatoms. The fraction of sp³-hybridized carbons (Fsp3) is 0.286. The largest absolute Gasteiger partial charge is 0.0998 e. The summed E-state index contributed by atoms with van der Waals surface area (Å²) in [5.74, 6) is 0.512. The summed E-state index contributed by atoms with van der Waals surface area (Å²) in [5, 5.41) is 0. The van der Waals surface area contributed by atoms with Crippen LogP contribution in [-0.2, 0) is 0 Å². The highest BCUT2D eigenvalue weighted by atomic mass is 14.2. The average molecular weight is 184 g/mol. The number of benzene rings is 1. The Kier molecular flexibility index (Phi) is 2.53. The standard InChI is InChI=1S/C14H16/c1-11-8-9-12(2)14(10-11)13-6-4-3-5-7-13/h3-7,14H,1-2,8-10H2. The Morgan fingerprint density at radius 1 is 1.00 bits per heavy atom. The lowest BCUT2D eigenvalue weighted by molar-refractivity contribution is 0.652. The number of hydrogen-bond acceptors (Lipinski definition) is 0. The van der Waals surface area contributed by atoms with Crippen molar-refractivity contribution in [2.24, 2.45) is 0 Å². The van der Waals surface area contributed by atoms with Gasteiger partial charge in [0.05, 0.1) is 0 Å². The highest BCUT2D eigenvalue weighted by Crippen LogP contribution is 2.37. The van der Waals surface area contributed by atoms with Gasteiger partial charge in [0, 0.05) is 5.92 Å². The summed E-state index contributed by atoms with van der Waals surface area (Å²) in [5.41, 5.74) is 4.12. The number of hydrogen-bond donors (Lipinski definition) is 0. The van der Waals surface area contributed by atoms with Gasteiger partial charge >= 0.3 is 0 Å². The zero-order valence-corrected chi connectivity index (χ0v) is 8.50. The van der Waals surface area contributed by atoms with Gasteiger partial charge in [-0.2, -0.15) is 0 Å². The van der Waals surface area contributed by atoms with Crippen LogP contribution in [0.2, 0.25) is 0 Å². The van der Waals surface area contributed by atoms with Gasteiger partial charge in [-0.25, -0.2) is 0 Å². The first-order valence-corrected chi connectivity index (χ1v) is 5.16. The molecule has 14 heavy (non-hydrogen) atoms. The third-order valence-electron chi connectivity index (χ3n) is 2.99. The van der Waals surface area contributed by atoms with Gasteiger partial charge in [-0.1, -0.05) is 54.6 Å². The van der Waals surface area contributed by atoms with Gasteiger partial charge in [-0.15, -0.1) is 0 Å². The van der Waals surface area contributed by atoms with E-state index in [4.69, 9.17) is 0 Å². The second-order valence-corrected chi connectivity index (χ2v) is 4.08. The van der Waals surface area contributed by atoms with E-state index in [1.54, 1.807) is 0 Å². The minimum Gasteiger partial charge on any atom is -0.0998 e. The Balaban J connectivity index is 2.24. The van der Waals surface area contributed by atoms with Crippen LogP contribution in [0.15, 0.2) is 54.6 Å². The number of allylic oxidation sites excluding steroid dienone is 2. The molecule has 0 aliphatic heterocycles. The molecule has 2 rings (SSSR count). The molecule has 1 aliphatic carbocycles. The summed E-state index contributed by atoms with van der Waals surface area (Å²) in [7, 11) is 0. The predicted octanol–water partition coefficient (Wildman–Crippen LogP) is 4.07. The summed E-state index contributed by atoms with van der Waals surface area (Å²) >= 11 is 0. The van der Waals surface area contributed by atoms with Crippen molar-refractivity contribution in [1.29, 1.82) is 0 Å². The van der Waals surface area contributed by atoms with Crippen LogP contribution in [-0.4, -0.2) is 0 Å². The minimum absolute atomic E-state index is 0.512. The maximum absolute atomic E-state index is 4.17. The van der Waals surface area contributed by atoms with E-state index in [1.165, 1.54) is 16.7 Å². The number of rotatable bonds is 1. The van der Waals surface area contributed by atoms with Gasteiger partial charge in [-0.3, -0.25) is 0 Å². The fourth-order valence-corrected chi connectivity index (χ4v) is 2.09. The maximum atomic E-state index is 4.17. The Morgan fingerprint density at radius 2 is 1.71 bits per heavy atom. The zero-order valence-electron chi connectivity index (χ0n) is 8.50. The minimum atomic E-state index is 0.512. The van der Waals surface area contributed by atoms with Crippen molar-refractivity contribution in [3.8, 4) is 0 Å². The normalized spacial score (nSPS) is 22.4. The smallest absolute Gasteiger partial charge is 0.00826 e. The Hall–Kier alpha value is -1.30. The molecule has 1 aliphatic rings. The van der Waals surface area contributed by atoms with Crippen LogP contribution in [0.25, 0.3) is 0 Å². The maximum Gasteiger partial charge on any atom is 0.00826 e. The molecule has 0 bridgehead atoms. The summed E-state index contributed by atoms with van der Waals surface area (Å²) < 4.78 is 0. The van der Waals surface area contributed by atoms with E-state index in [-0.39, 0.29) is 0 Å². The molecule has 0 saturated heterocycles. The van der Waals surface area contributed by atoms with Crippen molar-refractivity contribution < 1.29 is 0 Å². The van der Waals surface area contributed by atoms with Gasteiger partial charge in [0.2, 0.25) is 0 Å². The molecule has 1 unspecified atom stereocenters. The Labute approximate surface area is 86.0 Å². The lowest BCUT2D eigenvalue weighted by atomic mass is 9.79. The summed E-state index contributed by atoms with van der Waals surface area (Å²) in [6, 6.07) is 10.6. The monoisotopic (exact) mass is 184 g/mol. The van der Waals surface area contributed by atoms with Crippen LogP contribution in [0.4, 0.5) is 0 Å². The van der Waals surface area contributed by atoms with E-state index >= 15 is 0 Å². The summed E-state index contributed by atoms with van der Waals surface area (Å²) in [6.45, 7) is 8.25. The fourth-order valence-electron chi connectivity index (χ4n) is 2.09. The van der Waals surface area contributed by atoms with Crippen LogP contribution < -0.4 is 0 Å².